The summed E-state index contributed by atoms with van der Waals surface area (Å²) in [5.74, 6) is 5.86. The molecule has 0 fully saturated rings. The number of ether oxygens (including phenoxy) is 1. The minimum absolute atomic E-state index is 0.428. The molecule has 2 N–H and O–H groups in total. The molecule has 0 saturated carbocycles. The van der Waals surface area contributed by atoms with E-state index in [0.29, 0.717) is 11.7 Å². The Hall–Kier alpha value is -0.990. The van der Waals surface area contributed by atoms with Gasteiger partial charge < -0.3 is 10.6 Å². The van der Waals surface area contributed by atoms with Gasteiger partial charge in [-0.2, -0.15) is 0 Å². The third kappa shape index (κ3) is 3.21. The second-order valence-corrected chi connectivity index (χ2v) is 1.45. The van der Waals surface area contributed by atoms with Crippen LogP contribution in [0.3, 0.4) is 0 Å². The smallest absolute Gasteiger partial charge is 0.208 e. The summed E-state index contributed by atoms with van der Waals surface area (Å²) in [4.78, 5) is 0. The molecule has 0 rings (SSSR count). The van der Waals surface area contributed by atoms with Crippen LogP contribution in [0.4, 0.5) is 0 Å². The Morgan fingerprint density at radius 1 is 1.62 bits per heavy atom. The molecule has 0 spiro atoms. The number of hydrogen-bond acceptors (Lipinski definition) is 3. The molecule has 0 aliphatic carbocycles. The summed E-state index contributed by atoms with van der Waals surface area (Å²) in [6.45, 7) is 6.88. The zero-order valence-electron chi connectivity index (χ0n) is 5.14. The lowest BCUT2D eigenvalue weighted by Gasteiger charge is -1.98. The van der Waals surface area contributed by atoms with Gasteiger partial charge in [0, 0.05) is 6.92 Å². The molecule has 0 heterocycles. The van der Waals surface area contributed by atoms with E-state index < -0.39 is 0 Å². The van der Waals surface area contributed by atoms with Crippen LogP contribution in [0, 0.1) is 0 Å². The van der Waals surface area contributed by atoms with E-state index in [4.69, 9.17) is 10.6 Å². The first-order chi connectivity index (χ1) is 3.66. The molecule has 3 heteroatoms. The summed E-state index contributed by atoms with van der Waals surface area (Å²) in [6, 6.07) is 0. The molecule has 0 saturated heterocycles. The Bertz CT molecular complexity index is 118. The molecular weight excluding hydrogens is 104 g/mol. The lowest BCUT2D eigenvalue weighted by Crippen LogP contribution is -1.99. The molecule has 0 radical (unpaired) electrons. The zero-order valence-corrected chi connectivity index (χ0v) is 5.14. The topological polar surface area (TPSA) is 47.6 Å². The van der Waals surface area contributed by atoms with Crippen LogP contribution in [-0.4, -0.2) is 5.90 Å². The summed E-state index contributed by atoms with van der Waals surface area (Å²) in [7, 11) is 0. The number of rotatable bonds is 1. The van der Waals surface area contributed by atoms with E-state index in [1.165, 1.54) is 0 Å². The van der Waals surface area contributed by atoms with Crippen LogP contribution < -0.4 is 5.84 Å². The largest absolute Gasteiger partial charge is 0.447 e. The average Bonchev–Trinajstić information content (AvgIpc) is 1.65. The van der Waals surface area contributed by atoms with Gasteiger partial charge in [-0.25, -0.2) is 0 Å². The highest BCUT2D eigenvalue weighted by atomic mass is 16.5. The van der Waals surface area contributed by atoms with Crippen LogP contribution in [0.1, 0.15) is 13.8 Å². The summed E-state index contributed by atoms with van der Waals surface area (Å²) < 4.78 is 4.83. The molecule has 46 valence electrons. The van der Waals surface area contributed by atoms with Gasteiger partial charge in [-0.3, -0.25) is 0 Å². The maximum Gasteiger partial charge on any atom is 0.208 e. The molecule has 0 bridgehead atoms. The molecule has 0 atom stereocenters. The summed E-state index contributed by atoms with van der Waals surface area (Å²) in [6.07, 6.45) is 0. The molecule has 8 heavy (non-hydrogen) atoms. The monoisotopic (exact) mass is 114 g/mol. The van der Waals surface area contributed by atoms with Crippen LogP contribution in [-0.2, 0) is 4.74 Å². The van der Waals surface area contributed by atoms with E-state index in [9.17, 15) is 0 Å². The molecule has 0 aliphatic heterocycles. The molecule has 0 unspecified atom stereocenters. The van der Waals surface area contributed by atoms with E-state index in [1.54, 1.807) is 13.8 Å². The first kappa shape index (κ1) is 7.01. The first-order valence-electron chi connectivity index (χ1n) is 2.24. The van der Waals surface area contributed by atoms with Crippen molar-refractivity contribution in [3.8, 4) is 0 Å². The van der Waals surface area contributed by atoms with Crippen molar-refractivity contribution in [3.63, 3.8) is 0 Å². The van der Waals surface area contributed by atoms with E-state index in [-0.39, 0.29) is 0 Å². The second kappa shape index (κ2) is 3.07. The Balaban J connectivity index is 3.56. The fourth-order valence-electron chi connectivity index (χ4n) is 0.279. The highest BCUT2D eigenvalue weighted by Gasteiger charge is 1.86. The third-order valence-electron chi connectivity index (χ3n) is 0.504. The van der Waals surface area contributed by atoms with Gasteiger partial charge in [-0.05, 0) is 6.92 Å². The molecular formula is C5H10N2O. The van der Waals surface area contributed by atoms with Gasteiger partial charge >= 0.3 is 0 Å². The second-order valence-electron chi connectivity index (χ2n) is 1.45. The number of hydrogen-bond donors (Lipinski definition) is 1. The number of hydrazone groups is 1. The molecule has 0 aliphatic rings. The molecule has 0 amide bonds. The van der Waals surface area contributed by atoms with Crippen molar-refractivity contribution in [2.75, 3.05) is 0 Å². The van der Waals surface area contributed by atoms with Gasteiger partial charge in [-0.15, -0.1) is 5.10 Å². The van der Waals surface area contributed by atoms with Crippen molar-refractivity contribution in [2.45, 2.75) is 13.8 Å². The quantitative estimate of drug-likeness (QED) is 0.180. The number of nitrogens with two attached hydrogens (primary N) is 1. The lowest BCUT2D eigenvalue weighted by atomic mass is 10.6. The van der Waals surface area contributed by atoms with Crippen LogP contribution >= 0.6 is 0 Å². The van der Waals surface area contributed by atoms with Crippen LogP contribution in [0.15, 0.2) is 17.4 Å². The molecule has 3 nitrogen and oxygen atoms in total. The van der Waals surface area contributed by atoms with Gasteiger partial charge in [0.1, 0.15) is 0 Å². The van der Waals surface area contributed by atoms with Crippen molar-refractivity contribution in [1.82, 2.24) is 0 Å². The van der Waals surface area contributed by atoms with Gasteiger partial charge in [0.25, 0.3) is 0 Å². The first-order valence-corrected chi connectivity index (χ1v) is 2.24. The van der Waals surface area contributed by atoms with Gasteiger partial charge in [0.15, 0.2) is 0 Å². The molecule has 0 aromatic carbocycles. The van der Waals surface area contributed by atoms with Gasteiger partial charge in [-0.1, -0.05) is 6.58 Å². The summed E-state index contributed by atoms with van der Waals surface area (Å²) in [5, 5.41) is 3.26. The number of nitrogens with zero attached hydrogens (tertiary/aromatic N) is 1. The summed E-state index contributed by atoms with van der Waals surface area (Å²) >= 11 is 0. The van der Waals surface area contributed by atoms with E-state index in [1.807, 2.05) is 0 Å². The van der Waals surface area contributed by atoms with E-state index in [0.717, 1.165) is 0 Å². The SMILES string of the molecule is C=C(C)O/C(C)=N\N. The predicted octanol–water partition coefficient (Wildman–Crippen LogP) is 0.829. The van der Waals surface area contributed by atoms with Crippen LogP contribution in [0.25, 0.3) is 0 Å². The van der Waals surface area contributed by atoms with Crippen LogP contribution in [0.2, 0.25) is 0 Å². The Morgan fingerprint density at radius 2 is 2.12 bits per heavy atom. The fourth-order valence-corrected chi connectivity index (χ4v) is 0.279. The molecule has 0 aromatic rings. The third-order valence-corrected chi connectivity index (χ3v) is 0.504. The van der Waals surface area contributed by atoms with Crippen molar-refractivity contribution < 1.29 is 4.74 Å². The van der Waals surface area contributed by atoms with Crippen molar-refractivity contribution in [2.24, 2.45) is 10.9 Å². The van der Waals surface area contributed by atoms with E-state index in [2.05, 4.69) is 11.7 Å². The Morgan fingerprint density at radius 3 is 2.25 bits per heavy atom. The maximum absolute atomic E-state index is 4.84. The highest BCUT2D eigenvalue weighted by molar-refractivity contribution is 5.73. The van der Waals surface area contributed by atoms with Crippen LogP contribution in [0.5, 0.6) is 0 Å². The normalized spacial score (nSPS) is 11.0. The minimum Gasteiger partial charge on any atom is -0.447 e. The zero-order chi connectivity index (χ0) is 6.57. The van der Waals surface area contributed by atoms with Gasteiger partial charge in [0.2, 0.25) is 5.90 Å². The van der Waals surface area contributed by atoms with Crippen molar-refractivity contribution in [1.29, 1.82) is 0 Å². The predicted molar refractivity (Wildman–Crippen MR) is 33.2 cm³/mol. The van der Waals surface area contributed by atoms with E-state index >= 15 is 0 Å². The number of allylic oxidation sites excluding steroid dienone is 1. The van der Waals surface area contributed by atoms with Crippen molar-refractivity contribution >= 4 is 5.90 Å². The average molecular weight is 114 g/mol. The Labute approximate surface area is 48.8 Å². The minimum atomic E-state index is 0.428. The molecule has 0 aromatic heterocycles. The fraction of sp³-hybridized carbons (Fsp3) is 0.400. The maximum atomic E-state index is 4.84. The lowest BCUT2D eigenvalue weighted by molar-refractivity contribution is 0.414. The van der Waals surface area contributed by atoms with Crippen molar-refractivity contribution in [3.05, 3.63) is 12.3 Å². The standard InChI is InChI=1S/C5H10N2O/c1-4(2)8-5(3)7-6/h1,6H2,2-3H3/b7-5-. The summed E-state index contributed by atoms with van der Waals surface area (Å²) in [5.41, 5.74) is 0. The highest BCUT2D eigenvalue weighted by Crippen LogP contribution is 1.89. The van der Waals surface area contributed by atoms with Gasteiger partial charge in [0.05, 0.1) is 5.76 Å². The Kier molecular flexibility index (Phi) is 2.69.